The molecule has 2 atom stereocenters. The molecule has 0 bridgehead atoms. The van der Waals surface area contributed by atoms with Crippen molar-refractivity contribution in [1.82, 2.24) is 19.4 Å². The predicted molar refractivity (Wildman–Crippen MR) is 216 cm³/mol. The molecular weight excluding hydrogens is 744 g/mol. The third kappa shape index (κ3) is 7.13. The number of likely N-dealkylation sites (N-methyl/N-ethyl adjacent to an activating group) is 1. The Morgan fingerprint density at radius 1 is 0.860 bits per heavy atom. The van der Waals surface area contributed by atoms with Gasteiger partial charge in [-0.25, -0.2) is 27.6 Å². The van der Waals surface area contributed by atoms with Crippen LogP contribution in [0, 0.1) is 5.82 Å². The minimum absolute atomic E-state index is 0.0468. The predicted octanol–water partition coefficient (Wildman–Crippen LogP) is 8.18. The fourth-order valence-electron chi connectivity index (χ4n) is 8.29. The first kappa shape index (κ1) is 38.2. The number of amides is 3. The zero-order valence-electron chi connectivity index (χ0n) is 32.6. The second-order valence-corrected chi connectivity index (χ2v) is 17.7. The Hall–Kier alpha value is -5.69. The summed E-state index contributed by atoms with van der Waals surface area (Å²) >= 11 is 0. The van der Waals surface area contributed by atoms with Crippen LogP contribution in [0.4, 0.5) is 19.7 Å². The number of fused-ring (bicyclic) bond motifs is 3. The summed E-state index contributed by atoms with van der Waals surface area (Å²) < 4.78 is 53.5. The first-order chi connectivity index (χ1) is 27.4. The number of rotatable bonds is 8. The van der Waals surface area contributed by atoms with Gasteiger partial charge in [0.1, 0.15) is 28.5 Å². The molecule has 0 saturated heterocycles. The molecule has 2 heterocycles. The van der Waals surface area contributed by atoms with E-state index in [1.807, 2.05) is 91.0 Å². The van der Waals surface area contributed by atoms with E-state index in [0.29, 0.717) is 59.2 Å². The summed E-state index contributed by atoms with van der Waals surface area (Å²) in [5.74, 6) is 0.00180. The van der Waals surface area contributed by atoms with E-state index in [1.54, 1.807) is 27.8 Å². The van der Waals surface area contributed by atoms with E-state index in [1.165, 1.54) is 15.8 Å². The van der Waals surface area contributed by atoms with Crippen LogP contribution < -0.4 is 14.8 Å². The fraction of sp³-hybridized carbons (Fsp3) is 0.341. The highest BCUT2D eigenvalue weighted by Crippen LogP contribution is 2.44. The molecule has 0 fully saturated rings. The fourth-order valence-corrected chi connectivity index (χ4v) is 10.1. The third-order valence-electron chi connectivity index (χ3n) is 11.0. The Kier molecular flexibility index (Phi) is 10.1. The van der Waals surface area contributed by atoms with Crippen molar-refractivity contribution in [1.29, 1.82) is 0 Å². The summed E-state index contributed by atoms with van der Waals surface area (Å²) in [6.45, 7) is 5.66. The van der Waals surface area contributed by atoms with E-state index >= 15 is 8.60 Å². The second-order valence-electron chi connectivity index (χ2n) is 15.8. The van der Waals surface area contributed by atoms with E-state index in [9.17, 15) is 9.59 Å². The highest BCUT2D eigenvalue weighted by molar-refractivity contribution is 7.92. The minimum atomic E-state index is -4.03. The molecule has 1 unspecified atom stereocenters. The molecule has 11 nitrogen and oxygen atoms in total. The maximum Gasteiger partial charge on any atom is 0.410 e. The number of aromatic nitrogens is 2. The molecule has 57 heavy (non-hydrogen) atoms. The van der Waals surface area contributed by atoms with Crippen LogP contribution in [0.5, 0.6) is 5.88 Å². The molecule has 1 aliphatic heterocycles. The average Bonchev–Trinajstić information content (AvgIpc) is 4.00. The van der Waals surface area contributed by atoms with Crippen molar-refractivity contribution >= 4 is 27.7 Å². The Labute approximate surface area is 332 Å². The first-order valence-electron chi connectivity index (χ1n) is 19.4. The van der Waals surface area contributed by atoms with E-state index in [2.05, 4.69) is 15.1 Å². The standard InChI is InChI=1S/C44H47FN6O5S/c1-43(2,3)56-42(53)50(4)32-27-51-40(55-28-32)37(26-46-51)57(54,48-41(52)47-39-35-24-14-22-33(35)38(45)34-23-15-25-36(34)39)49-44(29-16-8-5-9-17-29,30-18-10-6-11-19-30)31-20-12-7-13-21-31/h5-13,16-21,26,32H,14-15,22-25,27-28H2,1-4H3,(H2,47,48,49,52,54)/t32-,57?/m0/s1. The van der Waals surface area contributed by atoms with Gasteiger partial charge in [-0.1, -0.05) is 91.0 Å². The lowest BCUT2D eigenvalue weighted by atomic mass is 9.78. The second kappa shape index (κ2) is 15.0. The number of benzene rings is 4. The van der Waals surface area contributed by atoms with Crippen molar-refractivity contribution in [3.8, 4) is 5.88 Å². The molecule has 5 aromatic rings. The maximum absolute atomic E-state index is 16.2. The Morgan fingerprint density at radius 3 is 1.88 bits per heavy atom. The van der Waals surface area contributed by atoms with Gasteiger partial charge in [0.25, 0.3) is 0 Å². The Balaban J connectivity index is 1.29. The van der Waals surface area contributed by atoms with Gasteiger partial charge in [-0.2, -0.15) is 9.46 Å². The molecule has 0 saturated carbocycles. The monoisotopic (exact) mass is 790 g/mol. The number of hydrogen-bond acceptors (Lipinski definition) is 7. The molecule has 4 aromatic carbocycles. The maximum atomic E-state index is 16.2. The highest BCUT2D eigenvalue weighted by Gasteiger charge is 2.42. The quantitative estimate of drug-likeness (QED) is 0.153. The molecule has 2 aliphatic carbocycles. The number of halogens is 1. The van der Waals surface area contributed by atoms with Crippen molar-refractivity contribution < 1.29 is 27.7 Å². The van der Waals surface area contributed by atoms with Gasteiger partial charge in [-0.05, 0) is 98.2 Å². The van der Waals surface area contributed by atoms with Gasteiger partial charge in [0.15, 0.2) is 9.92 Å². The minimum Gasteiger partial charge on any atom is -0.475 e. The first-order valence-corrected chi connectivity index (χ1v) is 20.9. The van der Waals surface area contributed by atoms with Crippen molar-refractivity contribution in [2.45, 2.75) is 87.9 Å². The zero-order valence-corrected chi connectivity index (χ0v) is 33.4. The lowest BCUT2D eigenvalue weighted by molar-refractivity contribution is 0.0101. The van der Waals surface area contributed by atoms with E-state index < -0.39 is 39.2 Å². The summed E-state index contributed by atoms with van der Waals surface area (Å²) in [5.41, 5.74) is 3.53. The van der Waals surface area contributed by atoms with Gasteiger partial charge in [-0.15, -0.1) is 0 Å². The van der Waals surface area contributed by atoms with Crippen LogP contribution in [-0.2, 0) is 52.4 Å². The van der Waals surface area contributed by atoms with E-state index in [-0.39, 0.29) is 29.7 Å². The molecular formula is C44H47FN6O5S. The summed E-state index contributed by atoms with van der Waals surface area (Å²) in [5, 5.41) is 7.64. The summed E-state index contributed by atoms with van der Waals surface area (Å²) in [6, 6.07) is 27.4. The molecule has 0 radical (unpaired) electrons. The normalized spacial score (nSPS) is 17.0. The summed E-state index contributed by atoms with van der Waals surface area (Å²) in [4.78, 5) is 29.1. The number of ether oxygens (including phenoxy) is 2. The van der Waals surface area contributed by atoms with Gasteiger partial charge in [0, 0.05) is 12.7 Å². The SMILES string of the molecule is CN(C(=O)OC(C)(C)C)[C@@H]1COc2c(S(=O)(=NC(c3ccccc3)(c3ccccc3)c3ccccc3)NC(=O)Nc3c4c(c(F)c5c3CCC5)CCC4)cnn2C1. The number of carbonyl (C=O) groups is 2. The smallest absolute Gasteiger partial charge is 0.410 e. The van der Waals surface area contributed by atoms with Crippen LogP contribution in [-0.4, -0.2) is 56.3 Å². The summed E-state index contributed by atoms with van der Waals surface area (Å²) in [7, 11) is -2.39. The molecule has 1 aromatic heterocycles. The van der Waals surface area contributed by atoms with Gasteiger partial charge in [0.05, 0.1) is 18.8 Å². The lowest BCUT2D eigenvalue weighted by Gasteiger charge is -2.34. The average molecular weight is 791 g/mol. The largest absolute Gasteiger partial charge is 0.475 e. The van der Waals surface area contributed by atoms with E-state index in [0.717, 1.165) is 24.0 Å². The van der Waals surface area contributed by atoms with Gasteiger partial charge in [0.2, 0.25) is 5.88 Å². The third-order valence-corrected chi connectivity index (χ3v) is 12.8. The molecule has 0 spiro atoms. The van der Waals surface area contributed by atoms with E-state index in [4.69, 9.17) is 13.8 Å². The molecule has 2 N–H and O–H groups in total. The van der Waals surface area contributed by atoms with Crippen LogP contribution >= 0.6 is 0 Å². The van der Waals surface area contributed by atoms with Crippen LogP contribution in [0.2, 0.25) is 0 Å². The number of anilines is 1. The molecule has 296 valence electrons. The molecule has 3 aliphatic rings. The topological polar surface area (TPSA) is 127 Å². The molecule has 13 heteroatoms. The van der Waals surface area contributed by atoms with Crippen molar-refractivity contribution in [2.75, 3.05) is 19.0 Å². The Bertz CT molecular complexity index is 2310. The van der Waals surface area contributed by atoms with Crippen molar-refractivity contribution in [2.24, 2.45) is 4.36 Å². The highest BCUT2D eigenvalue weighted by atomic mass is 32.2. The van der Waals surface area contributed by atoms with Gasteiger partial charge >= 0.3 is 12.1 Å². The number of urea groups is 1. The molecule has 8 rings (SSSR count). The van der Waals surface area contributed by atoms with Crippen molar-refractivity contribution in [3.63, 3.8) is 0 Å². The van der Waals surface area contributed by atoms with Crippen LogP contribution in [0.3, 0.4) is 0 Å². The van der Waals surface area contributed by atoms with Gasteiger partial charge < -0.3 is 19.7 Å². The number of nitrogens with zero attached hydrogens (tertiary/aromatic N) is 4. The molecule has 3 amide bonds. The Morgan fingerprint density at radius 2 is 1.37 bits per heavy atom. The van der Waals surface area contributed by atoms with Crippen LogP contribution in [0.15, 0.2) is 106 Å². The van der Waals surface area contributed by atoms with Crippen LogP contribution in [0.25, 0.3) is 0 Å². The van der Waals surface area contributed by atoms with Gasteiger partial charge in [-0.3, -0.25) is 0 Å². The number of nitrogens with one attached hydrogen (secondary N) is 2. The summed E-state index contributed by atoms with van der Waals surface area (Å²) in [6.07, 6.45) is 4.96. The lowest BCUT2D eigenvalue weighted by Crippen LogP contribution is -2.48. The number of hydrogen-bond donors (Lipinski definition) is 2. The zero-order chi connectivity index (χ0) is 40.0. The number of carbonyl (C=O) groups excluding carboxylic acids is 2. The van der Waals surface area contributed by atoms with Crippen LogP contribution in [0.1, 0.15) is 72.6 Å². The van der Waals surface area contributed by atoms with Crippen molar-refractivity contribution in [3.05, 3.63) is 142 Å².